The van der Waals surface area contributed by atoms with Crippen molar-refractivity contribution >= 4 is 5.97 Å². The average Bonchev–Trinajstić information content (AvgIpc) is 2.25. The molecule has 0 spiro atoms. The summed E-state index contributed by atoms with van der Waals surface area (Å²) in [6.45, 7) is 3.03. The largest absolute Gasteiger partial charge is 0.481 e. The molecule has 1 unspecified atom stereocenters. The van der Waals surface area contributed by atoms with Crippen molar-refractivity contribution in [1.82, 2.24) is 4.90 Å². The van der Waals surface area contributed by atoms with E-state index in [4.69, 9.17) is 5.11 Å². The van der Waals surface area contributed by atoms with Crippen molar-refractivity contribution < 1.29 is 18.7 Å². The summed E-state index contributed by atoms with van der Waals surface area (Å²) in [6, 6.07) is 3.18. The standard InChI is InChI=1S/C13H15F2NO2/c1-8(11-5-10(14)2-3-12(11)15)16-6-9(7-16)4-13(17)18/h2-3,5,8-9H,4,6-7H2,1H3,(H,17,18). The minimum Gasteiger partial charge on any atom is -0.481 e. The molecular formula is C13H15F2NO2. The van der Waals surface area contributed by atoms with Crippen LogP contribution in [0.25, 0.3) is 0 Å². The van der Waals surface area contributed by atoms with Gasteiger partial charge in [-0.25, -0.2) is 8.78 Å². The highest BCUT2D eigenvalue weighted by atomic mass is 19.1. The Morgan fingerprint density at radius 1 is 1.50 bits per heavy atom. The van der Waals surface area contributed by atoms with E-state index in [-0.39, 0.29) is 18.4 Å². The van der Waals surface area contributed by atoms with Gasteiger partial charge in [0.25, 0.3) is 0 Å². The predicted molar refractivity (Wildman–Crippen MR) is 62.1 cm³/mol. The smallest absolute Gasteiger partial charge is 0.303 e. The van der Waals surface area contributed by atoms with E-state index in [1.807, 2.05) is 4.90 Å². The van der Waals surface area contributed by atoms with E-state index in [1.165, 1.54) is 6.07 Å². The molecule has 98 valence electrons. The number of nitrogens with zero attached hydrogens (tertiary/aromatic N) is 1. The van der Waals surface area contributed by atoms with Crippen LogP contribution in [-0.2, 0) is 4.79 Å². The fourth-order valence-electron chi connectivity index (χ4n) is 2.33. The zero-order valence-electron chi connectivity index (χ0n) is 10.1. The van der Waals surface area contributed by atoms with E-state index in [0.29, 0.717) is 18.7 Å². The molecule has 1 heterocycles. The van der Waals surface area contributed by atoms with Gasteiger partial charge in [0.1, 0.15) is 11.6 Å². The Morgan fingerprint density at radius 2 is 2.17 bits per heavy atom. The first kappa shape index (κ1) is 13.0. The van der Waals surface area contributed by atoms with Gasteiger partial charge in [-0.3, -0.25) is 9.69 Å². The van der Waals surface area contributed by atoms with E-state index in [1.54, 1.807) is 6.92 Å². The molecule has 1 atom stereocenters. The first-order valence-electron chi connectivity index (χ1n) is 5.88. The third-order valence-corrected chi connectivity index (χ3v) is 3.40. The lowest BCUT2D eigenvalue weighted by Gasteiger charge is -2.42. The normalized spacial score (nSPS) is 18.4. The maximum Gasteiger partial charge on any atom is 0.303 e. The van der Waals surface area contributed by atoms with Crippen LogP contribution in [0.2, 0.25) is 0 Å². The number of hydrogen-bond donors (Lipinski definition) is 1. The average molecular weight is 255 g/mol. The van der Waals surface area contributed by atoms with Crippen LogP contribution in [-0.4, -0.2) is 29.1 Å². The number of carboxylic acid groups (broad SMARTS) is 1. The Hall–Kier alpha value is -1.49. The highest BCUT2D eigenvalue weighted by molar-refractivity contribution is 5.67. The van der Waals surface area contributed by atoms with Gasteiger partial charge in [0.2, 0.25) is 0 Å². The van der Waals surface area contributed by atoms with Crippen molar-refractivity contribution in [3.05, 3.63) is 35.4 Å². The second-order valence-electron chi connectivity index (χ2n) is 4.76. The van der Waals surface area contributed by atoms with Crippen LogP contribution in [0.1, 0.15) is 24.9 Å². The molecule has 0 aliphatic carbocycles. The number of likely N-dealkylation sites (tertiary alicyclic amines) is 1. The minimum atomic E-state index is -0.816. The summed E-state index contributed by atoms with van der Waals surface area (Å²) in [5.74, 6) is -1.59. The second kappa shape index (κ2) is 5.02. The Kier molecular flexibility index (Phi) is 3.61. The molecule has 0 amide bonds. The highest BCUT2D eigenvalue weighted by Crippen LogP contribution is 2.31. The molecule has 18 heavy (non-hydrogen) atoms. The van der Waals surface area contributed by atoms with Gasteiger partial charge in [-0.1, -0.05) is 0 Å². The Labute approximate surface area is 104 Å². The summed E-state index contributed by atoms with van der Waals surface area (Å²) in [6.07, 6.45) is 0.134. The van der Waals surface area contributed by atoms with Crippen LogP contribution in [0.3, 0.4) is 0 Å². The molecule has 1 saturated heterocycles. The van der Waals surface area contributed by atoms with Gasteiger partial charge in [0.15, 0.2) is 0 Å². The van der Waals surface area contributed by atoms with E-state index in [2.05, 4.69) is 0 Å². The van der Waals surface area contributed by atoms with Crippen LogP contribution < -0.4 is 0 Å². The van der Waals surface area contributed by atoms with E-state index in [9.17, 15) is 13.6 Å². The SMILES string of the molecule is CC(c1cc(F)ccc1F)N1CC(CC(=O)O)C1. The summed E-state index contributed by atoms with van der Waals surface area (Å²) in [5, 5.41) is 8.64. The molecule has 2 rings (SSSR count). The van der Waals surface area contributed by atoms with Crippen molar-refractivity contribution in [1.29, 1.82) is 0 Å². The van der Waals surface area contributed by atoms with Crippen LogP contribution >= 0.6 is 0 Å². The van der Waals surface area contributed by atoms with Crippen LogP contribution in [0.15, 0.2) is 18.2 Å². The summed E-state index contributed by atoms with van der Waals surface area (Å²) in [4.78, 5) is 12.5. The second-order valence-corrected chi connectivity index (χ2v) is 4.76. The Balaban J connectivity index is 1.99. The Bertz CT molecular complexity index is 458. The van der Waals surface area contributed by atoms with E-state index >= 15 is 0 Å². The number of benzene rings is 1. The van der Waals surface area contributed by atoms with Gasteiger partial charge in [-0.05, 0) is 31.0 Å². The van der Waals surface area contributed by atoms with E-state index in [0.717, 1.165) is 12.1 Å². The number of rotatable bonds is 4. The van der Waals surface area contributed by atoms with Gasteiger partial charge in [0, 0.05) is 24.7 Å². The number of aliphatic carboxylic acids is 1. The van der Waals surface area contributed by atoms with Crippen molar-refractivity contribution in [3.63, 3.8) is 0 Å². The van der Waals surface area contributed by atoms with Crippen molar-refractivity contribution in [2.45, 2.75) is 19.4 Å². The van der Waals surface area contributed by atoms with Crippen molar-refractivity contribution in [2.75, 3.05) is 13.1 Å². The lowest BCUT2D eigenvalue weighted by Crippen LogP contribution is -2.48. The summed E-state index contributed by atoms with van der Waals surface area (Å²) in [5.41, 5.74) is 0.323. The van der Waals surface area contributed by atoms with Gasteiger partial charge in [-0.15, -0.1) is 0 Å². The zero-order chi connectivity index (χ0) is 13.3. The monoisotopic (exact) mass is 255 g/mol. The lowest BCUT2D eigenvalue weighted by atomic mass is 9.92. The van der Waals surface area contributed by atoms with Crippen molar-refractivity contribution in [2.24, 2.45) is 5.92 Å². The number of hydrogen-bond acceptors (Lipinski definition) is 2. The molecule has 1 aliphatic rings. The quantitative estimate of drug-likeness (QED) is 0.898. The molecule has 0 aromatic heterocycles. The third kappa shape index (κ3) is 2.67. The first-order valence-corrected chi connectivity index (χ1v) is 5.88. The zero-order valence-corrected chi connectivity index (χ0v) is 10.1. The van der Waals surface area contributed by atoms with Gasteiger partial charge in [-0.2, -0.15) is 0 Å². The van der Waals surface area contributed by atoms with E-state index < -0.39 is 17.6 Å². The minimum absolute atomic E-state index is 0.113. The molecule has 3 nitrogen and oxygen atoms in total. The summed E-state index contributed by atoms with van der Waals surface area (Å²) >= 11 is 0. The Morgan fingerprint density at radius 3 is 2.78 bits per heavy atom. The number of carboxylic acids is 1. The van der Waals surface area contributed by atoms with Crippen LogP contribution in [0.4, 0.5) is 8.78 Å². The first-order chi connectivity index (χ1) is 8.47. The van der Waals surface area contributed by atoms with Gasteiger partial charge in [0.05, 0.1) is 6.42 Å². The molecule has 1 aromatic rings. The molecule has 1 aliphatic heterocycles. The molecule has 0 bridgehead atoms. The summed E-state index contributed by atoms with van der Waals surface area (Å²) in [7, 11) is 0. The van der Waals surface area contributed by atoms with Crippen LogP contribution in [0, 0.1) is 17.6 Å². The topological polar surface area (TPSA) is 40.5 Å². The number of halogens is 2. The van der Waals surface area contributed by atoms with Gasteiger partial charge < -0.3 is 5.11 Å². The maximum atomic E-state index is 13.6. The molecule has 1 N–H and O–H groups in total. The highest BCUT2D eigenvalue weighted by Gasteiger charge is 2.33. The summed E-state index contributed by atoms with van der Waals surface area (Å²) < 4.78 is 26.6. The molecule has 1 fully saturated rings. The molecule has 0 radical (unpaired) electrons. The number of carbonyl (C=O) groups is 1. The lowest BCUT2D eigenvalue weighted by molar-refractivity contribution is -0.139. The fourth-order valence-corrected chi connectivity index (χ4v) is 2.33. The fraction of sp³-hybridized carbons (Fsp3) is 0.462. The van der Waals surface area contributed by atoms with Crippen molar-refractivity contribution in [3.8, 4) is 0 Å². The molecule has 1 aromatic carbocycles. The molecule has 5 heteroatoms. The predicted octanol–water partition coefficient (Wildman–Crippen LogP) is 2.43. The van der Waals surface area contributed by atoms with Crippen LogP contribution in [0.5, 0.6) is 0 Å². The third-order valence-electron chi connectivity index (χ3n) is 3.40. The molecular weight excluding hydrogens is 240 g/mol. The molecule has 0 saturated carbocycles. The maximum absolute atomic E-state index is 13.6. The van der Waals surface area contributed by atoms with Gasteiger partial charge >= 0.3 is 5.97 Å².